The van der Waals surface area contributed by atoms with Crippen molar-refractivity contribution in [2.45, 2.75) is 12.3 Å². The Bertz CT molecular complexity index is 597. The molecular weight excluding hydrogens is 260 g/mol. The Morgan fingerprint density at radius 1 is 1.50 bits per heavy atom. The summed E-state index contributed by atoms with van der Waals surface area (Å²) in [6.07, 6.45) is 2.30. The fraction of sp³-hybridized carbons (Fsp3) is 0.385. The first kappa shape index (κ1) is 14.1. The molecule has 0 fully saturated rings. The van der Waals surface area contributed by atoms with E-state index in [0.717, 1.165) is 11.4 Å². The zero-order valence-electron chi connectivity index (χ0n) is 11.4. The van der Waals surface area contributed by atoms with Gasteiger partial charge in [-0.15, -0.1) is 10.2 Å². The molecule has 7 heteroatoms. The van der Waals surface area contributed by atoms with Gasteiger partial charge in [0.05, 0.1) is 4.92 Å². The van der Waals surface area contributed by atoms with Gasteiger partial charge >= 0.3 is 0 Å². The van der Waals surface area contributed by atoms with E-state index in [-0.39, 0.29) is 11.6 Å². The zero-order chi connectivity index (χ0) is 14.5. The summed E-state index contributed by atoms with van der Waals surface area (Å²) in [6.45, 7) is 0.542. The summed E-state index contributed by atoms with van der Waals surface area (Å²) in [5, 5.41) is 18.9. The topological polar surface area (TPSA) is 83.1 Å². The highest BCUT2D eigenvalue weighted by Crippen LogP contribution is 2.28. The number of nitrogens with zero attached hydrogens (tertiary/aromatic N) is 4. The number of methoxy groups -OCH3 is 1. The number of ether oxygens (including phenoxy) is 1. The molecule has 7 nitrogen and oxygen atoms in total. The van der Waals surface area contributed by atoms with Crippen LogP contribution in [0.25, 0.3) is 0 Å². The maximum absolute atomic E-state index is 10.9. The Balaban J connectivity index is 2.38. The van der Waals surface area contributed by atoms with Gasteiger partial charge < -0.3 is 9.30 Å². The minimum atomic E-state index is -0.395. The van der Waals surface area contributed by atoms with Crippen molar-refractivity contribution in [1.29, 1.82) is 0 Å². The van der Waals surface area contributed by atoms with Gasteiger partial charge in [-0.1, -0.05) is 12.1 Å². The molecule has 1 heterocycles. The third kappa shape index (κ3) is 3.00. The molecule has 1 aromatic heterocycles. The van der Waals surface area contributed by atoms with E-state index in [9.17, 15) is 10.1 Å². The van der Waals surface area contributed by atoms with Crippen LogP contribution in [0.15, 0.2) is 30.6 Å². The SMILES string of the molecule is COCCC(c1cccc([N+](=O)[O-])c1)c1nncn1C. The molecule has 0 spiro atoms. The van der Waals surface area contributed by atoms with Crippen molar-refractivity contribution in [2.24, 2.45) is 7.05 Å². The van der Waals surface area contributed by atoms with Gasteiger partial charge in [0.15, 0.2) is 0 Å². The first-order chi connectivity index (χ1) is 9.63. The Hall–Kier alpha value is -2.28. The van der Waals surface area contributed by atoms with Crippen molar-refractivity contribution in [2.75, 3.05) is 13.7 Å². The van der Waals surface area contributed by atoms with Gasteiger partial charge in [-0.2, -0.15) is 0 Å². The lowest BCUT2D eigenvalue weighted by atomic mass is 9.94. The predicted octanol–water partition coefficient (Wildman–Crippen LogP) is 1.89. The molecule has 2 aromatic rings. The van der Waals surface area contributed by atoms with Crippen molar-refractivity contribution in [1.82, 2.24) is 14.8 Å². The van der Waals surface area contributed by atoms with Crippen LogP contribution in [0, 0.1) is 10.1 Å². The van der Waals surface area contributed by atoms with Crippen molar-refractivity contribution < 1.29 is 9.66 Å². The van der Waals surface area contributed by atoms with Crippen LogP contribution in [0.4, 0.5) is 5.69 Å². The molecule has 0 saturated heterocycles. The third-order valence-corrected chi connectivity index (χ3v) is 3.15. The number of rotatable bonds is 6. The lowest BCUT2D eigenvalue weighted by Gasteiger charge is -2.16. The number of hydrogen-bond donors (Lipinski definition) is 0. The summed E-state index contributed by atoms with van der Waals surface area (Å²) >= 11 is 0. The van der Waals surface area contributed by atoms with Crippen LogP contribution in [0.5, 0.6) is 0 Å². The average Bonchev–Trinajstić information content (AvgIpc) is 2.86. The first-order valence-electron chi connectivity index (χ1n) is 6.20. The molecule has 0 aliphatic heterocycles. The molecule has 0 aliphatic rings. The maximum atomic E-state index is 10.9. The van der Waals surface area contributed by atoms with Gasteiger partial charge in [0.2, 0.25) is 0 Å². The van der Waals surface area contributed by atoms with E-state index in [1.807, 2.05) is 17.7 Å². The van der Waals surface area contributed by atoms with Gasteiger partial charge in [-0.3, -0.25) is 10.1 Å². The van der Waals surface area contributed by atoms with E-state index < -0.39 is 4.92 Å². The Morgan fingerprint density at radius 3 is 2.90 bits per heavy atom. The van der Waals surface area contributed by atoms with Crippen molar-refractivity contribution >= 4 is 5.69 Å². The maximum Gasteiger partial charge on any atom is 0.269 e. The van der Waals surface area contributed by atoms with Crippen LogP contribution in [-0.4, -0.2) is 33.4 Å². The molecule has 0 aliphatic carbocycles. The highest BCUT2D eigenvalue weighted by atomic mass is 16.6. The van der Waals surface area contributed by atoms with E-state index >= 15 is 0 Å². The van der Waals surface area contributed by atoms with E-state index in [0.29, 0.717) is 13.0 Å². The molecule has 106 valence electrons. The molecule has 1 unspecified atom stereocenters. The Kier molecular flexibility index (Phi) is 4.41. The summed E-state index contributed by atoms with van der Waals surface area (Å²) in [5.41, 5.74) is 0.916. The number of aromatic nitrogens is 3. The van der Waals surface area contributed by atoms with Gasteiger partial charge in [0, 0.05) is 38.8 Å². The van der Waals surface area contributed by atoms with Crippen molar-refractivity contribution in [3.63, 3.8) is 0 Å². The van der Waals surface area contributed by atoms with Crippen molar-refractivity contribution in [3.05, 3.63) is 52.1 Å². The van der Waals surface area contributed by atoms with Crippen LogP contribution in [0.3, 0.4) is 0 Å². The third-order valence-electron chi connectivity index (χ3n) is 3.15. The number of benzene rings is 1. The summed E-state index contributed by atoms with van der Waals surface area (Å²) in [5.74, 6) is 0.685. The summed E-state index contributed by atoms with van der Waals surface area (Å²) in [6, 6.07) is 6.61. The fourth-order valence-electron chi connectivity index (χ4n) is 2.14. The smallest absolute Gasteiger partial charge is 0.269 e. The quantitative estimate of drug-likeness (QED) is 0.594. The predicted molar refractivity (Wildman–Crippen MR) is 72.4 cm³/mol. The van der Waals surface area contributed by atoms with E-state index in [1.165, 1.54) is 6.07 Å². The second kappa shape index (κ2) is 6.25. The summed E-state index contributed by atoms with van der Waals surface area (Å²) in [4.78, 5) is 10.5. The number of nitro benzene ring substituents is 1. The fourth-order valence-corrected chi connectivity index (χ4v) is 2.14. The van der Waals surface area contributed by atoms with Gasteiger partial charge in [-0.25, -0.2) is 0 Å². The Morgan fingerprint density at radius 2 is 2.30 bits per heavy atom. The van der Waals surface area contributed by atoms with Crippen LogP contribution in [0.1, 0.15) is 23.7 Å². The number of non-ortho nitro benzene ring substituents is 1. The largest absolute Gasteiger partial charge is 0.385 e. The van der Waals surface area contributed by atoms with Gasteiger partial charge in [0.25, 0.3) is 5.69 Å². The second-order valence-electron chi connectivity index (χ2n) is 4.49. The molecular formula is C13H16N4O3. The lowest BCUT2D eigenvalue weighted by molar-refractivity contribution is -0.384. The summed E-state index contributed by atoms with van der Waals surface area (Å²) < 4.78 is 6.94. The Labute approximate surface area is 116 Å². The van der Waals surface area contributed by atoms with E-state index in [4.69, 9.17) is 4.74 Å². The molecule has 0 radical (unpaired) electrons. The first-order valence-corrected chi connectivity index (χ1v) is 6.20. The lowest BCUT2D eigenvalue weighted by Crippen LogP contribution is -2.10. The van der Waals surface area contributed by atoms with Crippen LogP contribution in [0.2, 0.25) is 0 Å². The minimum Gasteiger partial charge on any atom is -0.385 e. The van der Waals surface area contributed by atoms with E-state index in [2.05, 4.69) is 10.2 Å². The zero-order valence-corrected chi connectivity index (χ0v) is 11.4. The van der Waals surface area contributed by atoms with Gasteiger partial charge in [0.1, 0.15) is 12.2 Å². The molecule has 0 saturated carbocycles. The minimum absolute atomic E-state index is 0.0760. The number of aryl methyl sites for hydroxylation is 1. The van der Waals surface area contributed by atoms with Crippen LogP contribution >= 0.6 is 0 Å². The standard InChI is InChI=1S/C13H16N4O3/c1-16-9-14-15-13(16)12(6-7-20-2)10-4-3-5-11(8-10)17(18)19/h3-5,8-9,12H,6-7H2,1-2H3. The van der Waals surface area contributed by atoms with Crippen LogP contribution in [-0.2, 0) is 11.8 Å². The number of nitro groups is 1. The molecule has 0 N–H and O–H groups in total. The monoisotopic (exact) mass is 276 g/mol. The molecule has 0 amide bonds. The number of hydrogen-bond acceptors (Lipinski definition) is 5. The molecule has 0 bridgehead atoms. The molecule has 20 heavy (non-hydrogen) atoms. The normalized spacial score (nSPS) is 12.3. The van der Waals surface area contributed by atoms with E-state index in [1.54, 1.807) is 25.6 Å². The van der Waals surface area contributed by atoms with Gasteiger partial charge in [-0.05, 0) is 12.0 Å². The highest BCUT2D eigenvalue weighted by molar-refractivity contribution is 5.38. The van der Waals surface area contributed by atoms with Crippen LogP contribution < -0.4 is 0 Å². The molecule has 2 rings (SSSR count). The molecule has 1 aromatic carbocycles. The summed E-state index contributed by atoms with van der Waals surface area (Å²) in [7, 11) is 3.48. The molecule has 1 atom stereocenters. The average molecular weight is 276 g/mol. The highest BCUT2D eigenvalue weighted by Gasteiger charge is 2.21. The van der Waals surface area contributed by atoms with Crippen molar-refractivity contribution in [3.8, 4) is 0 Å². The second-order valence-corrected chi connectivity index (χ2v) is 4.49.